The third kappa shape index (κ3) is 3.73. The molecule has 2 amide bonds. The van der Waals surface area contributed by atoms with Crippen molar-refractivity contribution in [1.82, 2.24) is 9.80 Å². The van der Waals surface area contributed by atoms with Crippen LogP contribution in [0.15, 0.2) is 42.5 Å². The van der Waals surface area contributed by atoms with E-state index < -0.39 is 16.7 Å². The molecule has 0 unspecified atom stereocenters. The minimum Gasteiger partial charge on any atom is -0.284 e. The highest BCUT2D eigenvalue weighted by Gasteiger charge is 2.37. The first-order valence-electron chi connectivity index (χ1n) is 8.70. The van der Waals surface area contributed by atoms with Gasteiger partial charge in [0.05, 0.1) is 22.7 Å². The Hall–Kier alpha value is -3.06. The molecule has 7 heteroatoms. The summed E-state index contributed by atoms with van der Waals surface area (Å²) in [5.41, 5.74) is 2.43. The van der Waals surface area contributed by atoms with Crippen LogP contribution in [-0.2, 0) is 6.54 Å². The molecule has 2 aromatic carbocycles. The zero-order chi connectivity index (χ0) is 19.7. The van der Waals surface area contributed by atoms with Crippen molar-refractivity contribution in [3.8, 4) is 0 Å². The molecule has 140 valence electrons. The predicted octanol–water partition coefficient (Wildman–Crippen LogP) is 3.40. The molecule has 1 aliphatic rings. The zero-order valence-corrected chi connectivity index (χ0v) is 15.5. The van der Waals surface area contributed by atoms with E-state index in [1.165, 1.54) is 23.8 Å². The van der Waals surface area contributed by atoms with Gasteiger partial charge in [-0.25, -0.2) is 0 Å². The van der Waals surface area contributed by atoms with Crippen molar-refractivity contribution >= 4 is 17.5 Å². The quantitative estimate of drug-likeness (QED) is 0.444. The number of carbonyl (C=O) groups excluding carboxylic acids is 2. The Morgan fingerprint density at radius 2 is 1.67 bits per heavy atom. The fourth-order valence-corrected chi connectivity index (χ4v) is 3.13. The van der Waals surface area contributed by atoms with Gasteiger partial charge in [0.15, 0.2) is 0 Å². The Balaban J connectivity index is 1.71. The first kappa shape index (κ1) is 18.7. The summed E-state index contributed by atoms with van der Waals surface area (Å²) < 4.78 is 0. The summed E-state index contributed by atoms with van der Waals surface area (Å²) in [4.78, 5) is 38.4. The number of carbonyl (C=O) groups is 2. The summed E-state index contributed by atoms with van der Waals surface area (Å²) in [5.74, 6) is -0.466. The van der Waals surface area contributed by atoms with Crippen LogP contribution in [0.25, 0.3) is 0 Å². The number of nitro groups is 1. The van der Waals surface area contributed by atoms with Crippen LogP contribution in [0.3, 0.4) is 0 Å². The first-order chi connectivity index (χ1) is 12.8. The normalized spacial score (nSPS) is 13.6. The molecule has 1 heterocycles. The monoisotopic (exact) mass is 367 g/mol. The third-order valence-corrected chi connectivity index (χ3v) is 4.65. The summed E-state index contributed by atoms with van der Waals surface area (Å²) in [5, 5.41) is 10.9. The van der Waals surface area contributed by atoms with Crippen LogP contribution < -0.4 is 0 Å². The van der Waals surface area contributed by atoms with Gasteiger partial charge >= 0.3 is 0 Å². The Labute approximate surface area is 157 Å². The van der Waals surface area contributed by atoms with Crippen molar-refractivity contribution in [3.05, 3.63) is 74.8 Å². The minimum atomic E-state index is -0.576. The molecular formula is C20H21N3O4. The molecule has 27 heavy (non-hydrogen) atoms. The summed E-state index contributed by atoms with van der Waals surface area (Å²) in [6.45, 7) is 4.96. The lowest BCUT2D eigenvalue weighted by Gasteiger charge is -2.23. The standard InChI is InChI=1S/C20H21N3O4/c1-13(2)15-6-4-14(5-7-15)11-21(3)12-22-19(24)17-9-8-16(23(26)27)10-18(17)20(22)25/h4-10,13H,11-12H2,1-3H3. The maximum Gasteiger partial charge on any atom is 0.270 e. The van der Waals surface area contributed by atoms with Crippen LogP contribution in [0.2, 0.25) is 0 Å². The van der Waals surface area contributed by atoms with Gasteiger partial charge in [-0.2, -0.15) is 0 Å². The number of benzene rings is 2. The summed E-state index contributed by atoms with van der Waals surface area (Å²) in [7, 11) is 1.82. The maximum absolute atomic E-state index is 12.5. The molecule has 0 atom stereocenters. The third-order valence-electron chi connectivity index (χ3n) is 4.65. The van der Waals surface area contributed by atoms with Crippen molar-refractivity contribution in [2.75, 3.05) is 13.7 Å². The van der Waals surface area contributed by atoms with Gasteiger partial charge in [-0.1, -0.05) is 38.1 Å². The molecule has 7 nitrogen and oxygen atoms in total. The molecule has 3 rings (SSSR count). The highest BCUT2D eigenvalue weighted by Crippen LogP contribution is 2.27. The second-order valence-electron chi connectivity index (χ2n) is 7.08. The van der Waals surface area contributed by atoms with Gasteiger partial charge in [0.1, 0.15) is 0 Å². The molecule has 2 aromatic rings. The number of non-ortho nitro benzene ring substituents is 1. The van der Waals surface area contributed by atoms with Crippen molar-refractivity contribution in [3.63, 3.8) is 0 Å². The number of amides is 2. The van der Waals surface area contributed by atoms with E-state index in [0.29, 0.717) is 12.5 Å². The van der Waals surface area contributed by atoms with Gasteiger partial charge in [0.25, 0.3) is 17.5 Å². The second-order valence-corrected chi connectivity index (χ2v) is 7.08. The van der Waals surface area contributed by atoms with Crippen LogP contribution in [0, 0.1) is 10.1 Å². The number of rotatable bonds is 6. The average Bonchev–Trinajstić information content (AvgIpc) is 2.86. The molecule has 0 aliphatic carbocycles. The molecule has 0 aromatic heterocycles. The Morgan fingerprint density at radius 1 is 1.04 bits per heavy atom. The minimum absolute atomic E-state index is 0.0869. The van der Waals surface area contributed by atoms with Crippen LogP contribution in [0.4, 0.5) is 5.69 Å². The first-order valence-corrected chi connectivity index (χ1v) is 8.70. The van der Waals surface area contributed by atoms with Crippen LogP contribution in [0.1, 0.15) is 51.6 Å². The highest BCUT2D eigenvalue weighted by atomic mass is 16.6. The van der Waals surface area contributed by atoms with Crippen molar-refractivity contribution in [1.29, 1.82) is 0 Å². The number of hydrogen-bond acceptors (Lipinski definition) is 5. The van der Waals surface area contributed by atoms with Gasteiger partial charge in [-0.15, -0.1) is 0 Å². The van der Waals surface area contributed by atoms with E-state index in [1.54, 1.807) is 0 Å². The van der Waals surface area contributed by atoms with Crippen LogP contribution >= 0.6 is 0 Å². The van der Waals surface area contributed by atoms with E-state index in [0.717, 1.165) is 10.5 Å². The lowest BCUT2D eigenvalue weighted by atomic mass is 10.0. The number of fused-ring (bicyclic) bond motifs is 1. The summed E-state index contributed by atoms with van der Waals surface area (Å²) in [6.07, 6.45) is 0. The number of imide groups is 1. The largest absolute Gasteiger partial charge is 0.284 e. The van der Waals surface area contributed by atoms with Gasteiger partial charge in [0.2, 0.25) is 0 Å². The highest BCUT2D eigenvalue weighted by molar-refractivity contribution is 6.21. The molecule has 0 saturated heterocycles. The van der Waals surface area contributed by atoms with Crippen LogP contribution in [0.5, 0.6) is 0 Å². The Morgan fingerprint density at radius 3 is 2.26 bits per heavy atom. The van der Waals surface area contributed by atoms with E-state index >= 15 is 0 Å². The van der Waals surface area contributed by atoms with Crippen molar-refractivity contribution in [2.24, 2.45) is 0 Å². The van der Waals surface area contributed by atoms with Gasteiger partial charge in [-0.3, -0.25) is 29.5 Å². The lowest BCUT2D eigenvalue weighted by molar-refractivity contribution is -0.384. The van der Waals surface area contributed by atoms with E-state index in [-0.39, 0.29) is 23.5 Å². The van der Waals surface area contributed by atoms with Gasteiger partial charge in [0, 0.05) is 18.7 Å². The fraction of sp³-hybridized carbons (Fsp3) is 0.300. The molecule has 0 fully saturated rings. The topological polar surface area (TPSA) is 83.8 Å². The lowest BCUT2D eigenvalue weighted by Crippen LogP contribution is -2.39. The SMILES string of the molecule is CC(C)c1ccc(CN(C)CN2C(=O)c3ccc([N+](=O)[O-])cc3C2=O)cc1. The number of hydrogen-bond donors (Lipinski definition) is 0. The van der Waals surface area contributed by atoms with E-state index in [1.807, 2.05) is 24.1 Å². The van der Waals surface area contributed by atoms with E-state index in [9.17, 15) is 19.7 Å². The molecule has 0 saturated carbocycles. The Bertz CT molecular complexity index is 906. The Kier molecular flexibility index (Phi) is 5.05. The van der Waals surface area contributed by atoms with Crippen molar-refractivity contribution in [2.45, 2.75) is 26.3 Å². The van der Waals surface area contributed by atoms with Crippen molar-refractivity contribution < 1.29 is 14.5 Å². The summed E-state index contributed by atoms with van der Waals surface area (Å²) in [6, 6.07) is 12.0. The fourth-order valence-electron chi connectivity index (χ4n) is 3.13. The molecule has 0 spiro atoms. The number of nitro benzene ring substituents is 1. The predicted molar refractivity (Wildman–Crippen MR) is 100 cm³/mol. The molecule has 0 radical (unpaired) electrons. The molecule has 1 aliphatic heterocycles. The van der Waals surface area contributed by atoms with E-state index in [2.05, 4.69) is 26.0 Å². The second kappa shape index (κ2) is 7.28. The van der Waals surface area contributed by atoms with Crippen LogP contribution in [-0.4, -0.2) is 40.3 Å². The summed E-state index contributed by atoms with van der Waals surface area (Å²) >= 11 is 0. The molecule has 0 N–H and O–H groups in total. The zero-order valence-electron chi connectivity index (χ0n) is 15.5. The maximum atomic E-state index is 12.5. The van der Waals surface area contributed by atoms with Gasteiger partial charge in [-0.05, 0) is 30.2 Å². The smallest absolute Gasteiger partial charge is 0.270 e. The average molecular weight is 367 g/mol. The molecule has 0 bridgehead atoms. The molecular weight excluding hydrogens is 346 g/mol. The van der Waals surface area contributed by atoms with E-state index in [4.69, 9.17) is 0 Å². The number of nitrogens with zero attached hydrogens (tertiary/aromatic N) is 3. The van der Waals surface area contributed by atoms with Gasteiger partial charge < -0.3 is 0 Å².